The molecule has 0 unspecified atom stereocenters. The fourth-order valence-electron chi connectivity index (χ4n) is 3.43. The molecule has 1 atom stereocenters. The van der Waals surface area contributed by atoms with E-state index in [1.807, 2.05) is 30.3 Å². The summed E-state index contributed by atoms with van der Waals surface area (Å²) < 4.78 is 7.05. The van der Waals surface area contributed by atoms with Gasteiger partial charge in [-0.3, -0.25) is 9.59 Å². The first-order chi connectivity index (χ1) is 17.9. The normalized spacial score (nSPS) is 11.4. The lowest BCUT2D eigenvalue weighted by Crippen LogP contribution is -2.46. The maximum atomic E-state index is 13.1. The van der Waals surface area contributed by atoms with E-state index in [0.29, 0.717) is 16.4 Å². The van der Waals surface area contributed by atoms with Crippen molar-refractivity contribution in [3.63, 3.8) is 0 Å². The maximum absolute atomic E-state index is 13.1. The highest BCUT2D eigenvalue weighted by Gasteiger charge is 2.22. The fraction of sp³-hybridized carbons (Fsp3) is 0.120. The van der Waals surface area contributed by atoms with Gasteiger partial charge in [0.1, 0.15) is 23.8 Å². The second-order valence-electron chi connectivity index (χ2n) is 7.84. The van der Waals surface area contributed by atoms with Gasteiger partial charge in [0.25, 0.3) is 5.91 Å². The number of aromatic carboxylic acids is 1. The van der Waals surface area contributed by atoms with Crippen LogP contribution in [0.25, 0.3) is 5.69 Å². The molecule has 0 bridgehead atoms. The van der Waals surface area contributed by atoms with Gasteiger partial charge in [0, 0.05) is 23.2 Å². The van der Waals surface area contributed by atoms with Crippen molar-refractivity contribution in [1.29, 1.82) is 0 Å². The molecule has 0 aliphatic heterocycles. The lowest BCUT2D eigenvalue weighted by molar-refractivity contribution is -0.127. The first kappa shape index (κ1) is 25.3. The van der Waals surface area contributed by atoms with Crippen LogP contribution < -0.4 is 15.4 Å². The Morgan fingerprint density at radius 3 is 2.46 bits per heavy atom. The maximum Gasteiger partial charge on any atom is 0.335 e. The molecule has 188 valence electrons. The molecule has 4 aromatic rings. The lowest BCUT2D eigenvalue weighted by atomic mass is 10.0. The summed E-state index contributed by atoms with van der Waals surface area (Å²) in [5, 5.41) is 25.9. The molecule has 37 heavy (non-hydrogen) atoms. The zero-order valence-electron chi connectivity index (χ0n) is 19.2. The van der Waals surface area contributed by atoms with Gasteiger partial charge in [-0.05, 0) is 52.4 Å². The summed E-state index contributed by atoms with van der Waals surface area (Å²) in [7, 11) is 0. The molecule has 4 rings (SSSR count). The number of nitrogens with zero attached hydrogens (tertiary/aromatic N) is 4. The van der Waals surface area contributed by atoms with E-state index in [4.69, 9.17) is 21.4 Å². The second kappa shape index (κ2) is 11.8. The Balaban J connectivity index is 1.46. The number of amides is 2. The molecule has 3 N–H and O–H groups in total. The van der Waals surface area contributed by atoms with Crippen LogP contribution in [0, 0.1) is 0 Å². The number of ether oxygens (including phenoxy) is 1. The van der Waals surface area contributed by atoms with E-state index < -0.39 is 30.4 Å². The van der Waals surface area contributed by atoms with Gasteiger partial charge in [0.05, 0.1) is 5.56 Å². The van der Waals surface area contributed by atoms with Crippen molar-refractivity contribution in [2.24, 2.45) is 0 Å². The summed E-state index contributed by atoms with van der Waals surface area (Å²) in [5.74, 6) is -1.81. The minimum atomic E-state index is -1.07. The van der Waals surface area contributed by atoms with Crippen molar-refractivity contribution < 1.29 is 24.2 Å². The molecule has 11 nitrogen and oxygen atoms in total. The van der Waals surface area contributed by atoms with E-state index >= 15 is 0 Å². The molecule has 1 aromatic heterocycles. The number of rotatable bonds is 10. The molecule has 0 aliphatic carbocycles. The minimum Gasteiger partial charge on any atom is -0.481 e. The monoisotopic (exact) mass is 520 g/mol. The molecule has 0 spiro atoms. The van der Waals surface area contributed by atoms with Crippen LogP contribution in [-0.2, 0) is 16.0 Å². The third-order valence-electron chi connectivity index (χ3n) is 5.21. The van der Waals surface area contributed by atoms with Gasteiger partial charge in [-0.15, -0.1) is 5.10 Å². The number of aromatic nitrogens is 4. The molecule has 0 radical (unpaired) electrons. The van der Waals surface area contributed by atoms with Gasteiger partial charge in [-0.25, -0.2) is 4.79 Å². The highest BCUT2D eigenvalue weighted by atomic mass is 35.5. The number of benzene rings is 3. The smallest absolute Gasteiger partial charge is 0.335 e. The summed E-state index contributed by atoms with van der Waals surface area (Å²) in [6.45, 7) is -0.401. The van der Waals surface area contributed by atoms with Crippen LogP contribution in [0.3, 0.4) is 0 Å². The van der Waals surface area contributed by atoms with Gasteiger partial charge < -0.3 is 20.5 Å². The number of carbonyl (C=O) groups excluding carboxylic acids is 2. The van der Waals surface area contributed by atoms with E-state index in [2.05, 4.69) is 26.2 Å². The summed E-state index contributed by atoms with van der Waals surface area (Å²) in [6, 6.07) is 18.8. The molecule has 0 fully saturated rings. The topological polar surface area (TPSA) is 148 Å². The first-order valence-corrected chi connectivity index (χ1v) is 11.4. The lowest BCUT2D eigenvalue weighted by Gasteiger charge is -2.19. The van der Waals surface area contributed by atoms with E-state index in [0.717, 1.165) is 5.56 Å². The van der Waals surface area contributed by atoms with Gasteiger partial charge in [-0.2, -0.15) is 4.68 Å². The minimum absolute atomic E-state index is 0.0892. The van der Waals surface area contributed by atoms with E-state index in [1.54, 1.807) is 12.1 Å². The first-order valence-electron chi connectivity index (χ1n) is 11.0. The Hall–Kier alpha value is -4.77. The highest BCUT2D eigenvalue weighted by Crippen LogP contribution is 2.26. The molecular formula is C25H21ClN6O5. The number of carboxylic acid groups (broad SMARTS) is 1. The SMILES string of the molecule is O=C(COc1cc(Cl)ccc1-n1cnnn1)N[C@@H](Cc1ccccc1)C(=O)Nc1ccc(C(=O)O)cc1. The Morgan fingerprint density at radius 1 is 1.03 bits per heavy atom. The van der Waals surface area contributed by atoms with E-state index in [9.17, 15) is 14.4 Å². The Morgan fingerprint density at radius 2 is 1.78 bits per heavy atom. The molecule has 0 saturated heterocycles. The molecular weight excluding hydrogens is 500 g/mol. The quantitative estimate of drug-likeness (QED) is 0.289. The number of halogens is 1. The number of hydrogen-bond donors (Lipinski definition) is 3. The number of nitrogens with one attached hydrogen (secondary N) is 2. The third-order valence-corrected chi connectivity index (χ3v) is 5.45. The zero-order chi connectivity index (χ0) is 26.2. The molecule has 0 aliphatic rings. The molecule has 2 amide bonds. The van der Waals surface area contributed by atoms with E-state index in [1.165, 1.54) is 41.3 Å². The van der Waals surface area contributed by atoms with Crippen LogP contribution in [0.5, 0.6) is 5.75 Å². The van der Waals surface area contributed by atoms with Crippen molar-refractivity contribution in [3.8, 4) is 11.4 Å². The van der Waals surface area contributed by atoms with E-state index in [-0.39, 0.29) is 17.7 Å². The number of tetrazole rings is 1. The van der Waals surface area contributed by atoms with Crippen LogP contribution in [0.4, 0.5) is 5.69 Å². The highest BCUT2D eigenvalue weighted by molar-refractivity contribution is 6.30. The Kier molecular flexibility index (Phi) is 8.06. The summed E-state index contributed by atoms with van der Waals surface area (Å²) in [5.41, 5.74) is 1.79. The van der Waals surface area contributed by atoms with Gasteiger partial charge in [-0.1, -0.05) is 41.9 Å². The number of carbonyl (C=O) groups is 3. The van der Waals surface area contributed by atoms with Crippen molar-refractivity contribution >= 4 is 35.1 Å². The molecule has 12 heteroatoms. The molecule has 1 heterocycles. The van der Waals surface area contributed by atoms with Crippen molar-refractivity contribution in [2.75, 3.05) is 11.9 Å². The number of carboxylic acids is 1. The molecule has 3 aromatic carbocycles. The predicted molar refractivity (Wildman–Crippen MR) is 134 cm³/mol. The van der Waals surface area contributed by atoms with Crippen LogP contribution in [-0.4, -0.2) is 55.7 Å². The summed E-state index contributed by atoms with van der Waals surface area (Å²) >= 11 is 6.09. The van der Waals surface area contributed by atoms with Gasteiger partial charge >= 0.3 is 5.97 Å². The van der Waals surface area contributed by atoms with Crippen LogP contribution in [0.15, 0.2) is 79.1 Å². The summed E-state index contributed by atoms with van der Waals surface area (Å²) in [6.07, 6.45) is 1.60. The zero-order valence-corrected chi connectivity index (χ0v) is 20.0. The fourth-order valence-corrected chi connectivity index (χ4v) is 3.59. The van der Waals surface area contributed by atoms with Crippen molar-refractivity contribution in [1.82, 2.24) is 25.5 Å². The van der Waals surface area contributed by atoms with Crippen molar-refractivity contribution in [3.05, 3.63) is 95.3 Å². The second-order valence-corrected chi connectivity index (χ2v) is 8.27. The standard InChI is InChI=1S/C25H21ClN6O5/c26-18-8-11-21(32-15-27-30-31-32)22(13-18)37-14-23(33)29-20(12-16-4-2-1-3-5-16)24(34)28-19-9-6-17(7-10-19)25(35)36/h1-11,13,15,20H,12,14H2,(H,28,34)(H,29,33)(H,35,36)/t20-/m0/s1. The van der Waals surface area contributed by atoms with Crippen LogP contribution >= 0.6 is 11.6 Å². The van der Waals surface area contributed by atoms with Gasteiger partial charge in [0.15, 0.2) is 6.61 Å². The molecule has 0 saturated carbocycles. The average molecular weight is 521 g/mol. The number of hydrogen-bond acceptors (Lipinski definition) is 7. The Labute approximate surface area is 216 Å². The van der Waals surface area contributed by atoms with Gasteiger partial charge in [0.2, 0.25) is 5.91 Å². The average Bonchev–Trinajstić information content (AvgIpc) is 3.43. The number of anilines is 1. The predicted octanol–water partition coefficient (Wildman–Crippen LogP) is 2.76. The summed E-state index contributed by atoms with van der Waals surface area (Å²) in [4.78, 5) is 37.0. The van der Waals surface area contributed by atoms with Crippen LogP contribution in [0.1, 0.15) is 15.9 Å². The van der Waals surface area contributed by atoms with Crippen molar-refractivity contribution in [2.45, 2.75) is 12.5 Å². The largest absolute Gasteiger partial charge is 0.481 e. The third kappa shape index (κ3) is 6.89. The Bertz CT molecular complexity index is 1380. The van der Waals surface area contributed by atoms with Crippen LogP contribution in [0.2, 0.25) is 5.02 Å².